The maximum atomic E-state index is 13.0. The van der Waals surface area contributed by atoms with Gasteiger partial charge in [-0.15, -0.1) is 5.10 Å². The monoisotopic (exact) mass is 460 g/mol. The first-order valence-electron chi connectivity index (χ1n) is 11.3. The number of benzene rings is 2. The fraction of sp³-hybridized carbons (Fsp3) is 0.269. The van der Waals surface area contributed by atoms with E-state index in [9.17, 15) is 8.42 Å². The number of aryl methyl sites for hydroxylation is 1. The smallest absolute Gasteiger partial charge is 0.178 e. The van der Waals surface area contributed by atoms with Gasteiger partial charge >= 0.3 is 0 Å². The van der Waals surface area contributed by atoms with Gasteiger partial charge in [-0.2, -0.15) is 0 Å². The molecule has 0 aliphatic rings. The number of rotatable bonds is 11. The fourth-order valence-corrected chi connectivity index (χ4v) is 5.47. The predicted octanol–water partition coefficient (Wildman–Crippen LogP) is 5.43. The van der Waals surface area contributed by atoms with E-state index in [2.05, 4.69) is 15.3 Å². The third-order valence-electron chi connectivity index (χ3n) is 5.60. The summed E-state index contributed by atoms with van der Waals surface area (Å²) in [5.41, 5.74) is 3.48. The molecule has 0 spiro atoms. The molecule has 0 aliphatic heterocycles. The van der Waals surface area contributed by atoms with Crippen molar-refractivity contribution in [3.8, 4) is 22.4 Å². The third-order valence-corrected chi connectivity index (χ3v) is 7.46. The topological polar surface area (TPSA) is 77.7 Å². The lowest BCUT2D eigenvalue weighted by Gasteiger charge is -2.11. The van der Waals surface area contributed by atoms with E-state index in [-0.39, 0.29) is 5.75 Å². The minimum absolute atomic E-state index is 0.175. The lowest BCUT2D eigenvalue weighted by Crippen LogP contribution is -2.08. The Hall–Kier alpha value is -3.32. The summed E-state index contributed by atoms with van der Waals surface area (Å²) < 4.78 is 27.8. The predicted molar refractivity (Wildman–Crippen MR) is 130 cm³/mol. The van der Waals surface area contributed by atoms with Crippen LogP contribution < -0.4 is 0 Å². The minimum atomic E-state index is -3.33. The third kappa shape index (κ3) is 6.14. The van der Waals surface area contributed by atoms with E-state index in [0.29, 0.717) is 11.3 Å². The summed E-state index contributed by atoms with van der Waals surface area (Å²) in [5.74, 6) is 0.175. The molecule has 0 unspecified atom stereocenters. The van der Waals surface area contributed by atoms with Crippen LogP contribution in [-0.2, 0) is 16.4 Å². The van der Waals surface area contributed by atoms with E-state index in [1.165, 1.54) is 0 Å². The van der Waals surface area contributed by atoms with E-state index < -0.39 is 9.84 Å². The van der Waals surface area contributed by atoms with Gasteiger partial charge in [0.15, 0.2) is 9.84 Å². The standard InChI is InChI=1S/C26H28N4O2S/c31-33(32,26-16-8-7-15-24(26)22-12-5-4-6-13-22)19-10-3-1-2-9-18-30-21-25(28-29-30)23-14-11-17-27-20-23/h4-8,11-17,20-21H,1-3,9-10,18-19H2. The van der Waals surface area contributed by atoms with Crippen LogP contribution in [0.1, 0.15) is 32.1 Å². The number of unbranched alkanes of at least 4 members (excludes halogenated alkanes) is 4. The SMILES string of the molecule is O=S(=O)(CCCCCCCn1cc(-c2cccnc2)nn1)c1ccccc1-c1ccccc1. The molecule has 4 aromatic rings. The summed E-state index contributed by atoms with van der Waals surface area (Å²) in [5, 5.41) is 8.39. The van der Waals surface area contributed by atoms with Crippen LogP contribution in [0.2, 0.25) is 0 Å². The Kier molecular flexibility index (Phi) is 7.62. The first-order valence-corrected chi connectivity index (χ1v) is 13.0. The summed E-state index contributed by atoms with van der Waals surface area (Å²) in [6.07, 6.45) is 10.0. The van der Waals surface area contributed by atoms with Crippen molar-refractivity contribution in [1.82, 2.24) is 20.0 Å². The first kappa shape index (κ1) is 22.9. The molecule has 6 nitrogen and oxygen atoms in total. The zero-order valence-electron chi connectivity index (χ0n) is 18.5. The van der Waals surface area contributed by atoms with Gasteiger partial charge in [0.05, 0.1) is 16.8 Å². The van der Waals surface area contributed by atoms with Crippen molar-refractivity contribution in [3.05, 3.63) is 85.3 Å². The Balaban J connectivity index is 1.21. The van der Waals surface area contributed by atoms with E-state index in [0.717, 1.165) is 54.6 Å². The zero-order valence-corrected chi connectivity index (χ0v) is 19.4. The highest BCUT2D eigenvalue weighted by Gasteiger charge is 2.18. The van der Waals surface area contributed by atoms with E-state index in [4.69, 9.17) is 0 Å². The van der Waals surface area contributed by atoms with Crippen LogP contribution in [0.5, 0.6) is 0 Å². The first-order chi connectivity index (χ1) is 16.1. The van der Waals surface area contributed by atoms with Crippen LogP contribution in [-0.4, -0.2) is 34.1 Å². The van der Waals surface area contributed by atoms with Gasteiger partial charge in [0.25, 0.3) is 0 Å². The molecule has 0 fully saturated rings. The normalized spacial score (nSPS) is 11.5. The lowest BCUT2D eigenvalue weighted by atomic mass is 10.1. The van der Waals surface area contributed by atoms with Crippen LogP contribution in [0.15, 0.2) is 90.2 Å². The van der Waals surface area contributed by atoms with Crippen LogP contribution in [0.25, 0.3) is 22.4 Å². The maximum Gasteiger partial charge on any atom is 0.178 e. The Morgan fingerprint density at radius 3 is 2.30 bits per heavy atom. The van der Waals surface area contributed by atoms with Crippen molar-refractivity contribution < 1.29 is 8.42 Å². The van der Waals surface area contributed by atoms with Gasteiger partial charge in [-0.25, -0.2) is 8.42 Å². The molecule has 0 amide bonds. The molecular weight excluding hydrogens is 432 g/mol. The van der Waals surface area contributed by atoms with Crippen LogP contribution in [0.4, 0.5) is 0 Å². The van der Waals surface area contributed by atoms with Gasteiger partial charge in [0.2, 0.25) is 0 Å². The summed E-state index contributed by atoms with van der Waals surface area (Å²) in [7, 11) is -3.33. The molecule has 170 valence electrons. The van der Waals surface area contributed by atoms with Crippen LogP contribution >= 0.6 is 0 Å². The van der Waals surface area contributed by atoms with Crippen molar-refractivity contribution in [1.29, 1.82) is 0 Å². The van der Waals surface area contributed by atoms with Crippen molar-refractivity contribution in [2.24, 2.45) is 0 Å². The number of pyridine rings is 1. The van der Waals surface area contributed by atoms with Crippen LogP contribution in [0, 0.1) is 0 Å². The fourth-order valence-electron chi connectivity index (χ4n) is 3.85. The van der Waals surface area contributed by atoms with Crippen molar-refractivity contribution >= 4 is 9.84 Å². The van der Waals surface area contributed by atoms with Crippen molar-refractivity contribution in [3.63, 3.8) is 0 Å². The number of sulfone groups is 1. The Bertz CT molecular complexity index is 1260. The second-order valence-corrected chi connectivity index (χ2v) is 10.1. The lowest BCUT2D eigenvalue weighted by molar-refractivity contribution is 0.520. The van der Waals surface area contributed by atoms with E-state index in [1.807, 2.05) is 65.5 Å². The number of aromatic nitrogens is 4. The molecule has 7 heteroatoms. The molecule has 4 rings (SSSR count). The molecular formula is C26H28N4O2S. The summed E-state index contributed by atoms with van der Waals surface area (Å²) in [4.78, 5) is 4.53. The highest BCUT2D eigenvalue weighted by atomic mass is 32.2. The number of hydrogen-bond donors (Lipinski definition) is 0. The molecule has 0 saturated carbocycles. The Labute approximate surface area is 195 Å². The van der Waals surface area contributed by atoms with E-state index in [1.54, 1.807) is 24.5 Å². The van der Waals surface area contributed by atoms with Gasteiger partial charge < -0.3 is 0 Å². The van der Waals surface area contributed by atoms with Gasteiger partial charge in [-0.1, -0.05) is 73.0 Å². The average Bonchev–Trinajstić information content (AvgIpc) is 3.33. The molecule has 2 aromatic heterocycles. The highest BCUT2D eigenvalue weighted by molar-refractivity contribution is 7.91. The van der Waals surface area contributed by atoms with E-state index >= 15 is 0 Å². The molecule has 33 heavy (non-hydrogen) atoms. The Morgan fingerprint density at radius 2 is 1.48 bits per heavy atom. The number of nitrogens with zero attached hydrogens (tertiary/aromatic N) is 4. The second kappa shape index (κ2) is 11.0. The molecule has 0 atom stereocenters. The van der Waals surface area contributed by atoms with Gasteiger partial charge in [-0.3, -0.25) is 9.67 Å². The molecule has 2 heterocycles. The Morgan fingerprint density at radius 1 is 0.758 bits per heavy atom. The highest BCUT2D eigenvalue weighted by Crippen LogP contribution is 2.28. The van der Waals surface area contributed by atoms with Gasteiger partial charge in [0, 0.05) is 30.1 Å². The molecule has 0 radical (unpaired) electrons. The molecule has 0 bridgehead atoms. The van der Waals surface area contributed by atoms with Gasteiger partial charge in [0.1, 0.15) is 5.69 Å². The summed E-state index contributed by atoms with van der Waals surface area (Å²) >= 11 is 0. The number of hydrogen-bond acceptors (Lipinski definition) is 5. The maximum absolute atomic E-state index is 13.0. The van der Waals surface area contributed by atoms with Crippen molar-refractivity contribution in [2.45, 2.75) is 43.5 Å². The molecule has 0 aliphatic carbocycles. The van der Waals surface area contributed by atoms with Crippen LogP contribution in [0.3, 0.4) is 0 Å². The summed E-state index contributed by atoms with van der Waals surface area (Å²) in [6, 6.07) is 20.8. The average molecular weight is 461 g/mol. The van der Waals surface area contributed by atoms with Crippen molar-refractivity contribution in [2.75, 3.05) is 5.75 Å². The molecule has 0 saturated heterocycles. The molecule has 0 N–H and O–H groups in total. The molecule has 2 aromatic carbocycles. The van der Waals surface area contributed by atoms with Gasteiger partial charge in [-0.05, 0) is 36.6 Å². The summed E-state index contributed by atoms with van der Waals surface area (Å²) in [6.45, 7) is 0.802. The largest absolute Gasteiger partial charge is 0.264 e. The second-order valence-electron chi connectivity index (χ2n) is 8.06. The zero-order chi connectivity index (χ0) is 22.9. The minimum Gasteiger partial charge on any atom is -0.264 e. The quantitative estimate of drug-likeness (QED) is 0.279.